The van der Waals surface area contributed by atoms with E-state index in [1.807, 2.05) is 12.1 Å². The first-order valence-corrected chi connectivity index (χ1v) is 7.84. The molecule has 0 bridgehead atoms. The number of ether oxygens (including phenoxy) is 1. The molecule has 2 N–H and O–H groups in total. The van der Waals surface area contributed by atoms with E-state index in [1.54, 1.807) is 36.4 Å². The van der Waals surface area contributed by atoms with Crippen LogP contribution in [0.3, 0.4) is 0 Å². The third-order valence-corrected chi connectivity index (χ3v) is 3.61. The minimum Gasteiger partial charge on any atom is -0.452 e. The Balaban J connectivity index is 1.70. The number of esters is 1. The third-order valence-electron chi connectivity index (χ3n) is 3.36. The fourth-order valence-corrected chi connectivity index (χ4v) is 2.14. The largest absolute Gasteiger partial charge is 0.452 e. The Hall–Kier alpha value is -2.37. The third kappa shape index (κ3) is 5.68. The van der Waals surface area contributed by atoms with Gasteiger partial charge in [0.1, 0.15) is 0 Å². The summed E-state index contributed by atoms with van der Waals surface area (Å²) in [4.78, 5) is 23.5. The monoisotopic (exact) mass is 347 g/mol. The van der Waals surface area contributed by atoms with Crippen molar-refractivity contribution in [3.05, 3.63) is 70.2 Å². The number of halogens is 1. The molecule has 1 amide bonds. The molecule has 2 aromatic rings. The van der Waals surface area contributed by atoms with Crippen molar-refractivity contribution in [2.75, 3.05) is 13.2 Å². The standard InChI is InChI=1S/C18H18ClNO4/c19-16-7-3-13(4-8-16)9-10-20-17(22)12-24-18(23)15-5-1-14(11-21)2-6-15/h1-8,21H,9-12H2,(H,20,22). The van der Waals surface area contributed by atoms with Crippen LogP contribution < -0.4 is 5.32 Å². The molecule has 0 aromatic heterocycles. The first kappa shape index (κ1) is 18.0. The first-order chi connectivity index (χ1) is 11.6. The second-order valence-electron chi connectivity index (χ2n) is 5.16. The van der Waals surface area contributed by atoms with Crippen LogP contribution >= 0.6 is 11.6 Å². The molecule has 0 heterocycles. The van der Waals surface area contributed by atoms with Gasteiger partial charge in [-0.3, -0.25) is 4.79 Å². The van der Waals surface area contributed by atoms with Gasteiger partial charge < -0.3 is 15.2 Å². The van der Waals surface area contributed by atoms with Crippen LogP contribution in [0.2, 0.25) is 5.02 Å². The summed E-state index contributed by atoms with van der Waals surface area (Å²) in [5, 5.41) is 12.3. The van der Waals surface area contributed by atoms with Gasteiger partial charge in [0.25, 0.3) is 5.91 Å². The van der Waals surface area contributed by atoms with Crippen molar-refractivity contribution in [1.82, 2.24) is 5.32 Å². The molecule has 0 spiro atoms. The molecule has 0 fully saturated rings. The van der Waals surface area contributed by atoms with Crippen molar-refractivity contribution < 1.29 is 19.4 Å². The minimum absolute atomic E-state index is 0.0919. The zero-order chi connectivity index (χ0) is 17.4. The lowest BCUT2D eigenvalue weighted by Crippen LogP contribution is -2.30. The summed E-state index contributed by atoms with van der Waals surface area (Å²) in [5.41, 5.74) is 2.09. The number of nitrogens with one attached hydrogen (secondary N) is 1. The molecule has 0 aliphatic carbocycles. The number of rotatable bonds is 7. The number of benzene rings is 2. The van der Waals surface area contributed by atoms with Gasteiger partial charge in [0.05, 0.1) is 12.2 Å². The molecule has 0 unspecified atom stereocenters. The van der Waals surface area contributed by atoms with E-state index in [9.17, 15) is 9.59 Å². The zero-order valence-electron chi connectivity index (χ0n) is 13.0. The summed E-state index contributed by atoms with van der Waals surface area (Å²) in [6.45, 7) is 0.0236. The van der Waals surface area contributed by atoms with Crippen molar-refractivity contribution >= 4 is 23.5 Å². The molecule has 2 aromatic carbocycles. The molecule has 0 aliphatic heterocycles. The summed E-state index contributed by atoms with van der Waals surface area (Å²) in [6, 6.07) is 13.7. The van der Waals surface area contributed by atoms with E-state index in [0.29, 0.717) is 29.1 Å². The van der Waals surface area contributed by atoms with E-state index in [2.05, 4.69) is 5.32 Å². The highest BCUT2D eigenvalue weighted by molar-refractivity contribution is 6.30. The van der Waals surface area contributed by atoms with Crippen LogP contribution in [0.15, 0.2) is 48.5 Å². The summed E-state index contributed by atoms with van der Waals surface area (Å²) in [7, 11) is 0. The summed E-state index contributed by atoms with van der Waals surface area (Å²) in [5.74, 6) is -0.934. The second-order valence-corrected chi connectivity index (χ2v) is 5.59. The molecule has 0 aliphatic rings. The molecule has 0 saturated heterocycles. The fourth-order valence-electron chi connectivity index (χ4n) is 2.01. The molecular weight excluding hydrogens is 330 g/mol. The van der Waals surface area contributed by atoms with E-state index in [0.717, 1.165) is 5.56 Å². The molecule has 0 radical (unpaired) electrons. The Bertz CT molecular complexity index is 683. The number of hydrogen-bond donors (Lipinski definition) is 2. The number of carbonyl (C=O) groups is 2. The van der Waals surface area contributed by atoms with Crippen LogP contribution in [0.4, 0.5) is 0 Å². The van der Waals surface area contributed by atoms with Gasteiger partial charge >= 0.3 is 5.97 Å². The van der Waals surface area contributed by atoms with Crippen molar-refractivity contribution in [1.29, 1.82) is 0 Å². The van der Waals surface area contributed by atoms with Crippen molar-refractivity contribution in [2.24, 2.45) is 0 Å². The van der Waals surface area contributed by atoms with Crippen molar-refractivity contribution in [3.8, 4) is 0 Å². The van der Waals surface area contributed by atoms with E-state index in [-0.39, 0.29) is 19.1 Å². The van der Waals surface area contributed by atoms with Gasteiger partial charge in [-0.2, -0.15) is 0 Å². The average Bonchev–Trinajstić information content (AvgIpc) is 2.61. The normalized spacial score (nSPS) is 10.2. The summed E-state index contributed by atoms with van der Waals surface area (Å²) < 4.78 is 4.95. The fraction of sp³-hybridized carbons (Fsp3) is 0.222. The Kier molecular flexibility index (Phi) is 6.78. The van der Waals surface area contributed by atoms with Gasteiger partial charge in [0.2, 0.25) is 0 Å². The molecule has 5 nitrogen and oxygen atoms in total. The average molecular weight is 348 g/mol. The summed E-state index contributed by atoms with van der Waals surface area (Å²) >= 11 is 5.80. The van der Waals surface area contributed by atoms with Crippen LogP contribution in [-0.2, 0) is 22.6 Å². The van der Waals surface area contributed by atoms with E-state index < -0.39 is 5.97 Å². The van der Waals surface area contributed by atoms with Crippen LogP contribution in [0.1, 0.15) is 21.5 Å². The maximum atomic E-state index is 11.8. The number of aliphatic hydroxyl groups is 1. The Morgan fingerprint density at radius 1 is 1.00 bits per heavy atom. The van der Waals surface area contributed by atoms with Crippen LogP contribution in [0.5, 0.6) is 0 Å². The lowest BCUT2D eigenvalue weighted by Gasteiger charge is -2.07. The van der Waals surface area contributed by atoms with E-state index >= 15 is 0 Å². The molecular formula is C18H18ClNO4. The lowest BCUT2D eigenvalue weighted by atomic mass is 10.1. The number of hydrogen-bond acceptors (Lipinski definition) is 4. The quantitative estimate of drug-likeness (QED) is 0.754. The van der Waals surface area contributed by atoms with Crippen LogP contribution in [0, 0.1) is 0 Å². The Morgan fingerprint density at radius 3 is 2.25 bits per heavy atom. The van der Waals surface area contributed by atoms with Gasteiger partial charge in [-0.05, 0) is 41.8 Å². The second kappa shape index (κ2) is 9.05. The van der Waals surface area contributed by atoms with Crippen LogP contribution in [-0.4, -0.2) is 30.1 Å². The number of aliphatic hydroxyl groups excluding tert-OH is 1. The predicted molar refractivity (Wildman–Crippen MR) is 90.8 cm³/mol. The van der Waals surface area contributed by atoms with E-state index in [1.165, 1.54) is 0 Å². The lowest BCUT2D eigenvalue weighted by molar-refractivity contribution is -0.124. The molecule has 0 atom stereocenters. The highest BCUT2D eigenvalue weighted by Crippen LogP contribution is 2.09. The first-order valence-electron chi connectivity index (χ1n) is 7.46. The summed E-state index contributed by atoms with van der Waals surface area (Å²) in [6.07, 6.45) is 0.666. The Labute approximate surface area is 145 Å². The van der Waals surface area contributed by atoms with Crippen LogP contribution in [0.25, 0.3) is 0 Å². The maximum absolute atomic E-state index is 11.8. The topological polar surface area (TPSA) is 75.6 Å². The molecule has 126 valence electrons. The van der Waals surface area contributed by atoms with Gasteiger partial charge in [0.15, 0.2) is 6.61 Å². The minimum atomic E-state index is -0.577. The van der Waals surface area contributed by atoms with Crippen molar-refractivity contribution in [2.45, 2.75) is 13.0 Å². The number of carbonyl (C=O) groups excluding carboxylic acids is 2. The van der Waals surface area contributed by atoms with Gasteiger partial charge in [-0.15, -0.1) is 0 Å². The molecule has 6 heteroatoms. The Morgan fingerprint density at radius 2 is 1.62 bits per heavy atom. The molecule has 24 heavy (non-hydrogen) atoms. The SMILES string of the molecule is O=C(COC(=O)c1ccc(CO)cc1)NCCc1ccc(Cl)cc1. The molecule has 2 rings (SSSR count). The highest BCUT2D eigenvalue weighted by Gasteiger charge is 2.09. The highest BCUT2D eigenvalue weighted by atomic mass is 35.5. The van der Waals surface area contributed by atoms with Gasteiger partial charge in [0, 0.05) is 11.6 Å². The van der Waals surface area contributed by atoms with Gasteiger partial charge in [-0.1, -0.05) is 35.9 Å². The van der Waals surface area contributed by atoms with E-state index in [4.69, 9.17) is 21.4 Å². The predicted octanol–water partition coefficient (Wildman–Crippen LogP) is 2.35. The van der Waals surface area contributed by atoms with Gasteiger partial charge in [-0.25, -0.2) is 4.79 Å². The molecule has 0 saturated carbocycles. The smallest absolute Gasteiger partial charge is 0.338 e. The maximum Gasteiger partial charge on any atom is 0.338 e. The zero-order valence-corrected chi connectivity index (χ0v) is 13.8. The van der Waals surface area contributed by atoms with Crippen molar-refractivity contribution in [3.63, 3.8) is 0 Å². The number of amides is 1.